The smallest absolute Gasteiger partial charge is 0.315 e. The summed E-state index contributed by atoms with van der Waals surface area (Å²) in [7, 11) is 1.21. The number of hydrogen-bond donors (Lipinski definition) is 2. The van der Waals surface area contributed by atoms with Crippen LogP contribution in [0, 0.1) is 0 Å². The van der Waals surface area contributed by atoms with E-state index >= 15 is 0 Å². The van der Waals surface area contributed by atoms with E-state index in [-0.39, 0.29) is 6.42 Å². The summed E-state index contributed by atoms with van der Waals surface area (Å²) in [5, 5.41) is 2.38. The minimum Gasteiger partial charge on any atom is -0.469 e. The molecule has 0 radical (unpaired) electrons. The minimum absolute atomic E-state index is 0.329. The topological polar surface area (TPSA) is 81.4 Å². The Morgan fingerprint density at radius 2 is 2.00 bits per heavy atom. The molecule has 0 heterocycles. The molecule has 1 amide bonds. The highest BCUT2D eigenvalue weighted by atomic mass is 16.5. The van der Waals surface area contributed by atoms with Crippen molar-refractivity contribution in [1.29, 1.82) is 0 Å². The van der Waals surface area contributed by atoms with Gasteiger partial charge >= 0.3 is 5.97 Å². The highest BCUT2D eigenvalue weighted by Crippen LogP contribution is 1.92. The lowest BCUT2D eigenvalue weighted by Crippen LogP contribution is -2.24. The van der Waals surface area contributed by atoms with E-state index in [2.05, 4.69) is 23.2 Å². The molecule has 0 aliphatic carbocycles. The van der Waals surface area contributed by atoms with Crippen LogP contribution in [-0.2, 0) is 14.3 Å². The lowest BCUT2D eigenvalue weighted by atomic mass is 10.3. The zero-order valence-electron chi connectivity index (χ0n) is 8.58. The molecule has 0 aliphatic heterocycles. The zero-order valence-corrected chi connectivity index (χ0v) is 8.58. The van der Waals surface area contributed by atoms with E-state index in [0.717, 1.165) is 0 Å². The molecule has 0 saturated heterocycles. The molecule has 0 fully saturated rings. The molecule has 0 atom stereocenters. The van der Waals surface area contributed by atoms with E-state index in [9.17, 15) is 9.59 Å². The SMILES string of the molecule is C=C(N)/C=C\C(=C)NC(=O)CC(=O)OC. The first-order valence-corrected chi connectivity index (χ1v) is 4.13. The highest BCUT2D eigenvalue weighted by Gasteiger charge is 2.08. The predicted molar refractivity (Wildman–Crippen MR) is 56.4 cm³/mol. The average molecular weight is 210 g/mol. The van der Waals surface area contributed by atoms with E-state index in [1.165, 1.54) is 19.3 Å². The molecule has 5 heteroatoms. The summed E-state index contributed by atoms with van der Waals surface area (Å²) < 4.78 is 4.32. The van der Waals surface area contributed by atoms with Gasteiger partial charge in [-0.3, -0.25) is 9.59 Å². The van der Waals surface area contributed by atoms with Gasteiger partial charge in [-0.2, -0.15) is 0 Å². The van der Waals surface area contributed by atoms with Gasteiger partial charge in [0, 0.05) is 11.4 Å². The number of allylic oxidation sites excluding steroid dienone is 2. The largest absolute Gasteiger partial charge is 0.469 e. The first-order valence-electron chi connectivity index (χ1n) is 4.13. The third kappa shape index (κ3) is 7.06. The Morgan fingerprint density at radius 3 is 2.47 bits per heavy atom. The second-order valence-corrected chi connectivity index (χ2v) is 2.73. The number of methoxy groups -OCH3 is 1. The zero-order chi connectivity index (χ0) is 11.8. The Morgan fingerprint density at radius 1 is 1.40 bits per heavy atom. The maximum Gasteiger partial charge on any atom is 0.315 e. The van der Waals surface area contributed by atoms with Crippen molar-refractivity contribution in [3.8, 4) is 0 Å². The Labute approximate surface area is 88.3 Å². The quantitative estimate of drug-likeness (QED) is 0.386. The minimum atomic E-state index is -0.604. The van der Waals surface area contributed by atoms with Gasteiger partial charge in [-0.25, -0.2) is 0 Å². The van der Waals surface area contributed by atoms with E-state index in [0.29, 0.717) is 11.4 Å². The van der Waals surface area contributed by atoms with Gasteiger partial charge < -0.3 is 15.8 Å². The van der Waals surface area contributed by atoms with Crippen molar-refractivity contribution < 1.29 is 14.3 Å². The molecular formula is C10H14N2O3. The van der Waals surface area contributed by atoms with E-state index in [1.54, 1.807) is 0 Å². The average Bonchev–Trinajstić information content (AvgIpc) is 2.14. The first-order chi connectivity index (χ1) is 6.95. The number of nitrogens with one attached hydrogen (secondary N) is 1. The summed E-state index contributed by atoms with van der Waals surface area (Å²) in [6, 6.07) is 0. The molecule has 0 aromatic heterocycles. The summed E-state index contributed by atoms with van der Waals surface area (Å²) in [6.07, 6.45) is 2.63. The summed E-state index contributed by atoms with van der Waals surface area (Å²) in [5.74, 6) is -1.09. The van der Waals surface area contributed by atoms with E-state index < -0.39 is 11.9 Å². The van der Waals surface area contributed by atoms with Crippen LogP contribution >= 0.6 is 0 Å². The molecule has 0 aliphatic rings. The fourth-order valence-corrected chi connectivity index (χ4v) is 0.676. The molecular weight excluding hydrogens is 196 g/mol. The second-order valence-electron chi connectivity index (χ2n) is 2.73. The number of nitrogens with two attached hydrogens (primary N) is 1. The molecule has 82 valence electrons. The van der Waals surface area contributed by atoms with Crippen molar-refractivity contribution in [1.82, 2.24) is 5.32 Å². The molecule has 0 aromatic carbocycles. The maximum atomic E-state index is 11.1. The number of amides is 1. The van der Waals surface area contributed by atoms with Crippen LogP contribution in [0.5, 0.6) is 0 Å². The van der Waals surface area contributed by atoms with Gasteiger partial charge in [0.15, 0.2) is 0 Å². The van der Waals surface area contributed by atoms with Crippen LogP contribution in [-0.4, -0.2) is 19.0 Å². The second kappa shape index (κ2) is 6.42. The standard InChI is InChI=1S/C10H14N2O3/c1-7(11)4-5-8(2)12-9(13)6-10(14)15-3/h4-5H,1-2,6,11H2,3H3,(H,12,13)/b5-4-. The first kappa shape index (κ1) is 13.0. The van der Waals surface area contributed by atoms with Crippen molar-refractivity contribution in [2.24, 2.45) is 5.73 Å². The Kier molecular flexibility index (Phi) is 5.55. The number of carbonyl (C=O) groups excluding carboxylic acids is 2. The summed E-state index contributed by atoms with van der Waals surface area (Å²) in [5.41, 5.74) is 5.94. The lowest BCUT2D eigenvalue weighted by Gasteiger charge is -2.03. The van der Waals surface area contributed by atoms with Crippen molar-refractivity contribution >= 4 is 11.9 Å². The number of esters is 1. The van der Waals surface area contributed by atoms with Gasteiger partial charge in [0.1, 0.15) is 6.42 Å². The third-order valence-electron chi connectivity index (χ3n) is 1.33. The van der Waals surface area contributed by atoms with Crippen LogP contribution < -0.4 is 11.1 Å². The van der Waals surface area contributed by atoms with Crippen LogP contribution in [0.15, 0.2) is 36.7 Å². The molecule has 0 spiro atoms. The van der Waals surface area contributed by atoms with Crippen LogP contribution in [0.25, 0.3) is 0 Å². The molecule has 0 saturated carbocycles. The predicted octanol–water partition coefficient (Wildman–Crippen LogP) is 0.208. The van der Waals surface area contributed by atoms with Crippen molar-refractivity contribution in [2.45, 2.75) is 6.42 Å². The molecule has 0 rings (SSSR count). The number of carbonyl (C=O) groups is 2. The van der Waals surface area contributed by atoms with Gasteiger partial charge in [0.25, 0.3) is 0 Å². The maximum absolute atomic E-state index is 11.1. The highest BCUT2D eigenvalue weighted by molar-refractivity contribution is 5.95. The summed E-state index contributed by atoms with van der Waals surface area (Å²) in [6.45, 7) is 6.96. The van der Waals surface area contributed by atoms with Gasteiger partial charge in [0.2, 0.25) is 5.91 Å². The van der Waals surface area contributed by atoms with Gasteiger partial charge in [0.05, 0.1) is 7.11 Å². The van der Waals surface area contributed by atoms with Crippen LogP contribution in [0.4, 0.5) is 0 Å². The van der Waals surface area contributed by atoms with Crippen molar-refractivity contribution in [3.63, 3.8) is 0 Å². The monoisotopic (exact) mass is 210 g/mol. The molecule has 0 unspecified atom stereocenters. The molecule has 15 heavy (non-hydrogen) atoms. The van der Waals surface area contributed by atoms with Gasteiger partial charge in [-0.15, -0.1) is 0 Å². The van der Waals surface area contributed by atoms with Crippen molar-refractivity contribution in [2.75, 3.05) is 7.11 Å². The molecule has 3 N–H and O–H groups in total. The van der Waals surface area contributed by atoms with E-state index in [1.807, 2.05) is 0 Å². The Hall–Kier alpha value is -2.04. The number of ether oxygens (including phenoxy) is 1. The Bertz CT molecular complexity index is 319. The van der Waals surface area contributed by atoms with Crippen LogP contribution in [0.3, 0.4) is 0 Å². The third-order valence-corrected chi connectivity index (χ3v) is 1.33. The fourth-order valence-electron chi connectivity index (χ4n) is 0.676. The number of hydrogen-bond acceptors (Lipinski definition) is 4. The normalized spacial score (nSPS) is 9.67. The summed E-state index contributed by atoms with van der Waals surface area (Å²) in [4.78, 5) is 21.8. The van der Waals surface area contributed by atoms with Crippen LogP contribution in [0.2, 0.25) is 0 Å². The molecule has 5 nitrogen and oxygen atoms in total. The summed E-state index contributed by atoms with van der Waals surface area (Å²) >= 11 is 0. The molecule has 0 aromatic rings. The van der Waals surface area contributed by atoms with E-state index in [4.69, 9.17) is 5.73 Å². The van der Waals surface area contributed by atoms with Crippen molar-refractivity contribution in [3.05, 3.63) is 36.7 Å². The fraction of sp³-hybridized carbons (Fsp3) is 0.200. The number of rotatable bonds is 5. The lowest BCUT2D eigenvalue weighted by molar-refractivity contribution is -0.143. The Balaban J connectivity index is 4.02. The van der Waals surface area contributed by atoms with Crippen LogP contribution in [0.1, 0.15) is 6.42 Å². The van der Waals surface area contributed by atoms with Gasteiger partial charge in [-0.1, -0.05) is 13.2 Å². The molecule has 0 bridgehead atoms. The van der Waals surface area contributed by atoms with Gasteiger partial charge in [-0.05, 0) is 12.2 Å².